The van der Waals surface area contributed by atoms with Crippen LogP contribution in [0.1, 0.15) is 17.7 Å². The lowest BCUT2D eigenvalue weighted by molar-refractivity contribution is 0.221. The summed E-state index contributed by atoms with van der Waals surface area (Å²) in [6.45, 7) is 3.06. The summed E-state index contributed by atoms with van der Waals surface area (Å²) < 4.78 is 26.5. The number of pyridine rings is 1. The number of nitrogens with one attached hydrogen (secondary N) is 1. The molecule has 0 bridgehead atoms. The highest BCUT2D eigenvalue weighted by atomic mass is 19.2. The number of hydrogen-bond acceptors (Lipinski definition) is 3. The summed E-state index contributed by atoms with van der Waals surface area (Å²) in [5.74, 6) is -1.62. The molecule has 0 saturated carbocycles. The maximum Gasteiger partial charge on any atom is 0.256 e. The van der Waals surface area contributed by atoms with E-state index in [-0.39, 0.29) is 5.56 Å². The van der Waals surface area contributed by atoms with Crippen molar-refractivity contribution in [1.29, 1.82) is 0 Å². The lowest BCUT2D eigenvalue weighted by atomic mass is 10.1. The highest BCUT2D eigenvalue weighted by Gasteiger charge is 2.26. The van der Waals surface area contributed by atoms with Crippen LogP contribution in [0.3, 0.4) is 0 Å². The number of rotatable bonds is 5. The van der Waals surface area contributed by atoms with Gasteiger partial charge in [-0.1, -0.05) is 24.3 Å². The van der Waals surface area contributed by atoms with Crippen molar-refractivity contribution in [3.8, 4) is 0 Å². The van der Waals surface area contributed by atoms with E-state index in [1.54, 1.807) is 6.07 Å². The minimum absolute atomic E-state index is 0.0562. The van der Waals surface area contributed by atoms with Crippen molar-refractivity contribution < 1.29 is 8.78 Å². The molecule has 1 saturated heterocycles. The second kappa shape index (κ2) is 7.81. The first-order chi connectivity index (χ1) is 13.5. The Hall–Kier alpha value is -2.57. The molecule has 4 nitrogen and oxygen atoms in total. The molecule has 0 aliphatic carbocycles. The summed E-state index contributed by atoms with van der Waals surface area (Å²) in [4.78, 5) is 19.7. The lowest BCUT2D eigenvalue weighted by Crippen LogP contribution is -2.34. The molecular formula is C22H23F2N3O. The van der Waals surface area contributed by atoms with Gasteiger partial charge in [0.1, 0.15) is 0 Å². The van der Waals surface area contributed by atoms with Gasteiger partial charge >= 0.3 is 0 Å². The van der Waals surface area contributed by atoms with Gasteiger partial charge in [0.2, 0.25) is 0 Å². The van der Waals surface area contributed by atoms with Gasteiger partial charge in [0.05, 0.1) is 0 Å². The van der Waals surface area contributed by atoms with E-state index in [1.807, 2.05) is 37.4 Å². The number of H-pyrrole nitrogens is 1. The molecule has 0 radical (unpaired) electrons. The number of aromatic amines is 1. The van der Waals surface area contributed by atoms with Crippen LogP contribution >= 0.6 is 0 Å². The van der Waals surface area contributed by atoms with Crippen molar-refractivity contribution in [3.05, 3.63) is 81.8 Å². The van der Waals surface area contributed by atoms with E-state index in [2.05, 4.69) is 14.8 Å². The monoisotopic (exact) mass is 383 g/mol. The molecule has 146 valence electrons. The first-order valence-electron chi connectivity index (χ1n) is 9.47. The van der Waals surface area contributed by atoms with Gasteiger partial charge in [-0.25, -0.2) is 8.78 Å². The first-order valence-corrected chi connectivity index (χ1v) is 9.47. The van der Waals surface area contributed by atoms with E-state index in [1.165, 1.54) is 12.1 Å². The Morgan fingerprint density at radius 2 is 1.96 bits per heavy atom. The SMILES string of the molecule is CN(Cc1ccc(F)c(F)c1)C1CCN(Cc2cc3ccccc3c(=O)[nH]2)C1. The normalized spacial score (nSPS) is 17.6. The summed E-state index contributed by atoms with van der Waals surface area (Å²) in [5, 5.41) is 1.66. The fraction of sp³-hybridized carbons (Fsp3) is 0.318. The highest BCUT2D eigenvalue weighted by molar-refractivity contribution is 5.81. The van der Waals surface area contributed by atoms with Crippen LogP contribution in [0.25, 0.3) is 10.8 Å². The Morgan fingerprint density at radius 3 is 2.79 bits per heavy atom. The molecule has 2 aromatic carbocycles. The largest absolute Gasteiger partial charge is 0.324 e. The van der Waals surface area contributed by atoms with Crippen molar-refractivity contribution >= 4 is 10.8 Å². The zero-order valence-corrected chi connectivity index (χ0v) is 15.8. The van der Waals surface area contributed by atoms with Crippen molar-refractivity contribution in [2.24, 2.45) is 0 Å². The third-order valence-corrected chi connectivity index (χ3v) is 5.49. The Labute approximate surface area is 162 Å². The van der Waals surface area contributed by atoms with Gasteiger partial charge in [-0.15, -0.1) is 0 Å². The molecule has 6 heteroatoms. The lowest BCUT2D eigenvalue weighted by Gasteiger charge is -2.25. The number of nitrogens with zero attached hydrogens (tertiary/aromatic N) is 2. The molecule has 1 fully saturated rings. The molecule has 1 N–H and O–H groups in total. The van der Waals surface area contributed by atoms with Gasteiger partial charge in [0.25, 0.3) is 5.56 Å². The summed E-state index contributed by atoms with van der Waals surface area (Å²) in [7, 11) is 2.01. The van der Waals surface area contributed by atoms with Gasteiger partial charge in [-0.05, 0) is 48.7 Å². The summed E-state index contributed by atoms with van der Waals surface area (Å²) in [5.41, 5.74) is 1.62. The number of fused-ring (bicyclic) bond motifs is 1. The minimum Gasteiger partial charge on any atom is -0.324 e. The average Bonchev–Trinajstić information content (AvgIpc) is 3.13. The van der Waals surface area contributed by atoms with Gasteiger partial charge in [-0.2, -0.15) is 0 Å². The molecule has 3 aromatic rings. The molecule has 2 heterocycles. The third-order valence-electron chi connectivity index (χ3n) is 5.49. The van der Waals surface area contributed by atoms with Gasteiger partial charge in [0, 0.05) is 43.3 Å². The maximum absolute atomic E-state index is 13.4. The van der Waals surface area contributed by atoms with Crippen LogP contribution in [-0.2, 0) is 13.1 Å². The van der Waals surface area contributed by atoms with Crippen LogP contribution in [0, 0.1) is 11.6 Å². The third kappa shape index (κ3) is 3.98. The Morgan fingerprint density at radius 1 is 1.14 bits per heavy atom. The molecule has 4 rings (SSSR count). The van der Waals surface area contributed by atoms with Crippen molar-refractivity contribution in [3.63, 3.8) is 0 Å². The van der Waals surface area contributed by atoms with Gasteiger partial charge in [-0.3, -0.25) is 14.6 Å². The minimum atomic E-state index is -0.817. The first kappa shape index (κ1) is 18.8. The molecular weight excluding hydrogens is 360 g/mol. The number of aromatic nitrogens is 1. The molecule has 28 heavy (non-hydrogen) atoms. The molecule has 1 aliphatic rings. The topological polar surface area (TPSA) is 39.3 Å². The quantitative estimate of drug-likeness (QED) is 0.733. The van der Waals surface area contributed by atoms with E-state index in [4.69, 9.17) is 0 Å². The Balaban J connectivity index is 1.40. The Bertz CT molecular complexity index is 1050. The van der Waals surface area contributed by atoms with Crippen LogP contribution in [0.4, 0.5) is 8.78 Å². The summed E-state index contributed by atoms with van der Waals surface area (Å²) in [6, 6.07) is 14.0. The molecule has 0 spiro atoms. The average molecular weight is 383 g/mol. The van der Waals surface area contributed by atoms with E-state index < -0.39 is 11.6 Å². The standard InChI is InChI=1S/C22H23F2N3O/c1-26(12-15-6-7-20(23)21(24)10-15)18-8-9-27(14-18)13-17-11-16-4-2-3-5-19(16)22(28)25-17/h2-7,10-11,18H,8-9,12-14H2,1H3,(H,25,28). The van der Waals surface area contributed by atoms with E-state index >= 15 is 0 Å². The number of benzene rings is 2. The van der Waals surface area contributed by atoms with E-state index in [9.17, 15) is 13.6 Å². The van der Waals surface area contributed by atoms with E-state index in [0.29, 0.717) is 24.5 Å². The molecule has 1 aliphatic heterocycles. The molecule has 0 amide bonds. The zero-order chi connectivity index (χ0) is 19.7. The van der Waals surface area contributed by atoms with Crippen LogP contribution < -0.4 is 5.56 Å². The van der Waals surface area contributed by atoms with Crippen molar-refractivity contribution in [1.82, 2.24) is 14.8 Å². The highest BCUT2D eigenvalue weighted by Crippen LogP contribution is 2.20. The second-order valence-electron chi connectivity index (χ2n) is 7.55. The Kier molecular flexibility index (Phi) is 5.24. The van der Waals surface area contributed by atoms with Crippen LogP contribution in [-0.4, -0.2) is 41.0 Å². The number of likely N-dealkylation sites (N-methyl/N-ethyl adjacent to an activating group) is 1. The molecule has 1 aromatic heterocycles. The summed E-state index contributed by atoms with van der Waals surface area (Å²) >= 11 is 0. The van der Waals surface area contributed by atoms with E-state index in [0.717, 1.165) is 36.2 Å². The van der Waals surface area contributed by atoms with Crippen LogP contribution in [0.2, 0.25) is 0 Å². The predicted octanol–water partition coefficient (Wildman–Crippen LogP) is 3.51. The number of hydrogen-bond donors (Lipinski definition) is 1. The second-order valence-corrected chi connectivity index (χ2v) is 7.55. The smallest absolute Gasteiger partial charge is 0.256 e. The summed E-state index contributed by atoms with van der Waals surface area (Å²) in [6.07, 6.45) is 0.998. The maximum atomic E-state index is 13.4. The van der Waals surface area contributed by atoms with Crippen molar-refractivity contribution in [2.45, 2.75) is 25.6 Å². The predicted molar refractivity (Wildman–Crippen MR) is 106 cm³/mol. The van der Waals surface area contributed by atoms with Crippen LogP contribution in [0.15, 0.2) is 53.3 Å². The fourth-order valence-electron chi connectivity index (χ4n) is 3.96. The molecule has 1 unspecified atom stereocenters. The zero-order valence-electron chi connectivity index (χ0n) is 15.8. The number of halogens is 2. The van der Waals surface area contributed by atoms with Gasteiger partial charge in [0.15, 0.2) is 11.6 Å². The fourth-order valence-corrected chi connectivity index (χ4v) is 3.96. The van der Waals surface area contributed by atoms with Crippen LogP contribution in [0.5, 0.6) is 0 Å². The van der Waals surface area contributed by atoms with Crippen molar-refractivity contribution in [2.75, 3.05) is 20.1 Å². The molecule has 1 atom stereocenters. The number of likely N-dealkylation sites (tertiary alicyclic amines) is 1. The van der Waals surface area contributed by atoms with Gasteiger partial charge < -0.3 is 4.98 Å².